The number of carbonyl (C=O) groups excluding carboxylic acids is 2. The second-order valence-electron chi connectivity index (χ2n) is 4.76. The minimum absolute atomic E-state index is 0.0171. The molecule has 106 valence electrons. The maximum absolute atomic E-state index is 11.7. The highest BCUT2D eigenvalue weighted by Crippen LogP contribution is 2.34. The van der Waals surface area contributed by atoms with Crippen molar-refractivity contribution in [3.05, 3.63) is 52.5 Å². The summed E-state index contributed by atoms with van der Waals surface area (Å²) in [5.41, 5.74) is 3.68. The van der Waals surface area contributed by atoms with Crippen LogP contribution in [0.3, 0.4) is 0 Å². The van der Waals surface area contributed by atoms with E-state index < -0.39 is 5.97 Å². The van der Waals surface area contributed by atoms with Crippen LogP contribution in [0.2, 0.25) is 5.02 Å². The van der Waals surface area contributed by atoms with Gasteiger partial charge in [-0.2, -0.15) is 0 Å². The highest BCUT2D eigenvalue weighted by molar-refractivity contribution is 6.36. The Kier molecular flexibility index (Phi) is 3.39. The maximum atomic E-state index is 11.7. The van der Waals surface area contributed by atoms with Gasteiger partial charge in [-0.25, -0.2) is 4.79 Å². The number of esters is 1. The van der Waals surface area contributed by atoms with Gasteiger partial charge in [-0.05, 0) is 29.3 Å². The second-order valence-corrected chi connectivity index (χ2v) is 5.13. The number of hydrogen-bond donors (Lipinski definition) is 1. The molecule has 0 saturated carbocycles. The summed E-state index contributed by atoms with van der Waals surface area (Å²) in [7, 11) is 1.32. The zero-order chi connectivity index (χ0) is 15.0. The molecule has 0 saturated heterocycles. The van der Waals surface area contributed by atoms with E-state index in [0.29, 0.717) is 17.0 Å². The first kappa shape index (κ1) is 13.6. The summed E-state index contributed by atoms with van der Waals surface area (Å²) in [5.74, 6) is -0.489. The van der Waals surface area contributed by atoms with Crippen LogP contribution in [0.25, 0.3) is 11.1 Å². The van der Waals surface area contributed by atoms with Crippen molar-refractivity contribution < 1.29 is 14.3 Å². The van der Waals surface area contributed by atoms with Crippen LogP contribution in [0.5, 0.6) is 0 Å². The lowest BCUT2D eigenvalue weighted by Crippen LogP contribution is -2.03. The third-order valence-electron chi connectivity index (χ3n) is 3.45. The number of anilines is 1. The van der Waals surface area contributed by atoms with Crippen molar-refractivity contribution in [2.45, 2.75) is 6.42 Å². The fraction of sp³-hybridized carbons (Fsp3) is 0.125. The number of nitrogens with one attached hydrogen (secondary N) is 1. The molecule has 0 spiro atoms. The first-order valence-electron chi connectivity index (χ1n) is 6.40. The minimum atomic E-state index is -0.472. The lowest BCUT2D eigenvalue weighted by Gasteiger charge is -2.09. The molecule has 1 aliphatic rings. The average molecular weight is 302 g/mol. The molecule has 2 aromatic rings. The Morgan fingerprint density at radius 1 is 1.29 bits per heavy atom. The van der Waals surface area contributed by atoms with E-state index in [0.717, 1.165) is 22.4 Å². The largest absolute Gasteiger partial charge is 0.465 e. The fourth-order valence-electron chi connectivity index (χ4n) is 2.42. The lowest BCUT2D eigenvalue weighted by atomic mass is 10.00. The van der Waals surface area contributed by atoms with Gasteiger partial charge >= 0.3 is 5.97 Å². The van der Waals surface area contributed by atoms with E-state index >= 15 is 0 Å². The van der Waals surface area contributed by atoms with E-state index in [1.54, 1.807) is 12.1 Å². The summed E-state index contributed by atoms with van der Waals surface area (Å²) < 4.78 is 4.72. The van der Waals surface area contributed by atoms with Crippen LogP contribution < -0.4 is 5.32 Å². The van der Waals surface area contributed by atoms with Crippen molar-refractivity contribution in [3.8, 4) is 11.1 Å². The van der Waals surface area contributed by atoms with E-state index in [1.807, 2.05) is 24.3 Å². The molecule has 3 rings (SSSR count). The van der Waals surface area contributed by atoms with Gasteiger partial charge in [0.25, 0.3) is 0 Å². The molecule has 0 radical (unpaired) electrons. The van der Waals surface area contributed by atoms with Gasteiger partial charge < -0.3 is 10.1 Å². The summed E-state index contributed by atoms with van der Waals surface area (Å²) in [6.45, 7) is 0. The lowest BCUT2D eigenvalue weighted by molar-refractivity contribution is -0.115. The van der Waals surface area contributed by atoms with Crippen LogP contribution in [0.1, 0.15) is 15.9 Å². The van der Waals surface area contributed by atoms with E-state index in [9.17, 15) is 9.59 Å². The molecule has 1 N–H and O–H groups in total. The first-order valence-corrected chi connectivity index (χ1v) is 6.78. The first-order chi connectivity index (χ1) is 10.1. The molecule has 0 fully saturated rings. The molecule has 5 heteroatoms. The molecule has 1 heterocycles. The Hall–Kier alpha value is -2.33. The van der Waals surface area contributed by atoms with Crippen LogP contribution in [-0.4, -0.2) is 19.0 Å². The Balaban J connectivity index is 2.08. The number of hydrogen-bond acceptors (Lipinski definition) is 3. The van der Waals surface area contributed by atoms with E-state index in [1.165, 1.54) is 7.11 Å². The molecule has 0 bridgehead atoms. The summed E-state index contributed by atoms with van der Waals surface area (Å²) >= 11 is 6.31. The molecule has 2 aromatic carbocycles. The van der Waals surface area contributed by atoms with Gasteiger partial charge in [0.2, 0.25) is 5.91 Å². The van der Waals surface area contributed by atoms with Crippen LogP contribution in [0.4, 0.5) is 5.69 Å². The predicted octanol–water partition coefficient (Wildman–Crippen LogP) is 3.29. The SMILES string of the molecule is COC(=O)c1cccc(-c2ccc3c(c2)CC(=O)N3)c1Cl. The van der Waals surface area contributed by atoms with Gasteiger partial charge in [0, 0.05) is 11.3 Å². The number of halogens is 1. The quantitative estimate of drug-likeness (QED) is 0.866. The van der Waals surface area contributed by atoms with Crippen molar-refractivity contribution in [1.82, 2.24) is 0 Å². The third-order valence-corrected chi connectivity index (χ3v) is 3.85. The number of ether oxygens (including phenoxy) is 1. The van der Waals surface area contributed by atoms with Crippen molar-refractivity contribution in [3.63, 3.8) is 0 Å². The predicted molar refractivity (Wildman–Crippen MR) is 80.6 cm³/mol. The van der Waals surface area contributed by atoms with Gasteiger partial charge in [0.15, 0.2) is 0 Å². The summed E-state index contributed by atoms with van der Waals surface area (Å²) in [6.07, 6.45) is 0.359. The summed E-state index contributed by atoms with van der Waals surface area (Å²) in [6, 6.07) is 10.8. The number of amides is 1. The normalized spacial score (nSPS) is 12.8. The molecule has 0 aromatic heterocycles. The average Bonchev–Trinajstić information content (AvgIpc) is 2.85. The molecule has 1 amide bonds. The number of benzene rings is 2. The highest BCUT2D eigenvalue weighted by atomic mass is 35.5. The minimum Gasteiger partial charge on any atom is -0.465 e. The highest BCUT2D eigenvalue weighted by Gasteiger charge is 2.19. The zero-order valence-corrected chi connectivity index (χ0v) is 12.0. The standard InChI is InChI=1S/C16H12ClNO3/c1-21-16(20)12-4-2-3-11(15(12)17)9-5-6-13-10(7-9)8-14(19)18-13/h2-7H,8H2,1H3,(H,18,19). The maximum Gasteiger partial charge on any atom is 0.339 e. The van der Waals surface area contributed by atoms with Gasteiger partial charge in [-0.15, -0.1) is 0 Å². The molecule has 0 atom stereocenters. The number of carbonyl (C=O) groups is 2. The van der Waals surface area contributed by atoms with Gasteiger partial charge in [0.05, 0.1) is 24.1 Å². The van der Waals surface area contributed by atoms with Crippen LogP contribution in [0.15, 0.2) is 36.4 Å². The van der Waals surface area contributed by atoms with E-state index in [-0.39, 0.29) is 5.91 Å². The van der Waals surface area contributed by atoms with Gasteiger partial charge in [-0.1, -0.05) is 29.8 Å². The molecule has 4 nitrogen and oxygen atoms in total. The van der Waals surface area contributed by atoms with Crippen LogP contribution in [0, 0.1) is 0 Å². The Labute approximate surface area is 126 Å². The van der Waals surface area contributed by atoms with Crippen molar-refractivity contribution in [1.29, 1.82) is 0 Å². The zero-order valence-electron chi connectivity index (χ0n) is 11.3. The molecule has 1 aliphatic heterocycles. The monoisotopic (exact) mass is 301 g/mol. The molecule has 21 heavy (non-hydrogen) atoms. The van der Waals surface area contributed by atoms with Crippen molar-refractivity contribution in [2.24, 2.45) is 0 Å². The molecular formula is C16H12ClNO3. The van der Waals surface area contributed by atoms with Crippen LogP contribution in [-0.2, 0) is 16.0 Å². The Morgan fingerprint density at radius 3 is 2.86 bits per heavy atom. The third kappa shape index (κ3) is 2.38. The topological polar surface area (TPSA) is 55.4 Å². The number of methoxy groups -OCH3 is 1. The smallest absolute Gasteiger partial charge is 0.339 e. The second kappa shape index (κ2) is 5.22. The molecule has 0 aliphatic carbocycles. The number of fused-ring (bicyclic) bond motifs is 1. The fourth-order valence-corrected chi connectivity index (χ4v) is 2.73. The summed E-state index contributed by atoms with van der Waals surface area (Å²) in [5, 5.41) is 3.13. The molecular weight excluding hydrogens is 290 g/mol. The van der Waals surface area contributed by atoms with Gasteiger partial charge in [-0.3, -0.25) is 4.79 Å². The van der Waals surface area contributed by atoms with E-state index in [4.69, 9.17) is 16.3 Å². The van der Waals surface area contributed by atoms with E-state index in [2.05, 4.69) is 5.32 Å². The van der Waals surface area contributed by atoms with Crippen LogP contribution >= 0.6 is 11.6 Å². The summed E-state index contributed by atoms with van der Waals surface area (Å²) in [4.78, 5) is 23.1. The molecule has 0 unspecified atom stereocenters. The van der Waals surface area contributed by atoms with Gasteiger partial charge in [0.1, 0.15) is 0 Å². The number of rotatable bonds is 2. The Morgan fingerprint density at radius 2 is 2.10 bits per heavy atom. The van der Waals surface area contributed by atoms with Crippen molar-refractivity contribution in [2.75, 3.05) is 12.4 Å². The van der Waals surface area contributed by atoms with Crippen molar-refractivity contribution >= 4 is 29.2 Å². The Bertz CT molecular complexity index is 755.